The maximum Gasteiger partial charge on any atom is 1.00 e. The summed E-state index contributed by atoms with van der Waals surface area (Å²) in [6.45, 7) is 5.72. The molecule has 0 aliphatic rings. The fourth-order valence-electron chi connectivity index (χ4n) is 9.43. The Labute approximate surface area is 431 Å². The van der Waals surface area contributed by atoms with Crippen LogP contribution in [-0.2, 0) is 0 Å². The molecule has 0 amide bonds. The summed E-state index contributed by atoms with van der Waals surface area (Å²) >= 11 is 3.88. The van der Waals surface area contributed by atoms with Crippen molar-refractivity contribution in [3.8, 4) is 23.8 Å². The van der Waals surface area contributed by atoms with E-state index in [1.807, 2.05) is 71.3 Å². The van der Waals surface area contributed by atoms with Crippen molar-refractivity contribution in [3.05, 3.63) is 200 Å². The molecule has 0 fully saturated rings. The van der Waals surface area contributed by atoms with Gasteiger partial charge in [-0.1, -0.05) is 92.2 Å². The number of rotatable bonds is 5. The van der Waals surface area contributed by atoms with E-state index in [0.29, 0.717) is 29.8 Å². The molecule has 0 bridgehead atoms. The molecule has 15 heteroatoms. The summed E-state index contributed by atoms with van der Waals surface area (Å²) in [4.78, 5) is 36.5. The van der Waals surface area contributed by atoms with Crippen LogP contribution in [0.3, 0.4) is 0 Å². The summed E-state index contributed by atoms with van der Waals surface area (Å²) in [6.07, 6.45) is 16.3. The number of halogens is 1. The van der Waals surface area contributed by atoms with Gasteiger partial charge >= 0.3 is 18.9 Å². The van der Waals surface area contributed by atoms with Crippen LogP contribution in [-0.4, -0.2) is 66.5 Å². The number of unbranched alkanes of at least 4 members (excludes halogenated alkanes) is 1. The molecular formula is C56H42BrLiN12O. The Balaban J connectivity index is 0.000000149. The van der Waals surface area contributed by atoms with E-state index in [1.165, 1.54) is 6.42 Å². The predicted molar refractivity (Wildman–Crippen MR) is 284 cm³/mol. The zero-order valence-corrected chi connectivity index (χ0v) is 40.2. The van der Waals surface area contributed by atoms with E-state index in [1.54, 1.807) is 55.6 Å². The molecule has 0 radical (unpaired) electrons. The van der Waals surface area contributed by atoms with Gasteiger partial charge in [0.25, 0.3) is 0 Å². The number of fused-ring (bicyclic) bond motifs is 14. The molecular weight excluding hydrogens is 944 g/mol. The SMILES string of the molecule is Brc1cc2c3ccccc3n(-c3ncccn3)c2c2c3ccccc3n(-c3ncccn3)c12.[2H]O[2H].[2H]c1cc2c3ccccc3n(-c3ncccn3)c2c2c3ccccc3n(-c3ncccn3)c12.[CH2-]CCC.[Li+]. The van der Waals surface area contributed by atoms with Crippen molar-refractivity contribution in [2.75, 3.05) is 0 Å². The summed E-state index contributed by atoms with van der Waals surface area (Å²) in [7, 11) is 0. The minimum Gasteiger partial charge on any atom is -0.412 e. The number of nitrogens with zero attached hydrogens (tertiary/aromatic N) is 12. The number of aromatic nitrogens is 12. The molecule has 14 aromatic rings. The van der Waals surface area contributed by atoms with Gasteiger partial charge in [-0.3, -0.25) is 18.3 Å². The van der Waals surface area contributed by atoms with Gasteiger partial charge in [-0.2, -0.15) is 6.42 Å². The van der Waals surface area contributed by atoms with Crippen LogP contribution in [0.4, 0.5) is 0 Å². The second-order valence-electron chi connectivity index (χ2n) is 16.2. The predicted octanol–water partition coefficient (Wildman–Crippen LogP) is 9.48. The molecule has 340 valence electrons. The third kappa shape index (κ3) is 7.69. The second kappa shape index (κ2) is 19.7. The minimum atomic E-state index is 0. The summed E-state index contributed by atoms with van der Waals surface area (Å²) in [5, 5.41) is 8.54. The van der Waals surface area contributed by atoms with Crippen LogP contribution < -0.4 is 18.9 Å². The molecule has 6 aromatic carbocycles. The van der Waals surface area contributed by atoms with E-state index in [-0.39, 0.29) is 18.9 Å². The molecule has 14 rings (SSSR count). The Bertz CT molecular complexity index is 4000. The first-order valence-corrected chi connectivity index (χ1v) is 23.4. The van der Waals surface area contributed by atoms with Gasteiger partial charge < -0.3 is 12.4 Å². The van der Waals surface area contributed by atoms with Crippen molar-refractivity contribution in [2.24, 2.45) is 0 Å². The average molecular weight is 989 g/mol. The molecule has 0 aliphatic carbocycles. The summed E-state index contributed by atoms with van der Waals surface area (Å²) in [5.74, 6) is 2.40. The van der Waals surface area contributed by atoms with Crippen molar-refractivity contribution in [1.82, 2.24) is 58.1 Å². The zero-order valence-electron chi connectivity index (χ0n) is 41.6. The van der Waals surface area contributed by atoms with Crippen LogP contribution in [0, 0.1) is 6.92 Å². The van der Waals surface area contributed by atoms with Crippen LogP contribution in [0.2, 0.25) is 0 Å². The third-order valence-corrected chi connectivity index (χ3v) is 12.9. The zero-order chi connectivity index (χ0) is 50.0. The molecule has 0 spiro atoms. The fourth-order valence-corrected chi connectivity index (χ4v) is 10.0. The summed E-state index contributed by atoms with van der Waals surface area (Å²) in [5.41, 5.74) is 10.6. The van der Waals surface area contributed by atoms with Gasteiger partial charge in [0.2, 0.25) is 26.7 Å². The molecule has 71 heavy (non-hydrogen) atoms. The fraction of sp³-hybridized carbons (Fsp3) is 0.0536. The average Bonchev–Trinajstić information content (AvgIpc) is 4.18. The Morgan fingerprint density at radius 3 is 1.24 bits per heavy atom. The molecule has 0 saturated carbocycles. The van der Waals surface area contributed by atoms with Crippen molar-refractivity contribution in [2.45, 2.75) is 19.8 Å². The topological polar surface area (TPSA) is 154 Å². The van der Waals surface area contributed by atoms with Crippen LogP contribution in [0.15, 0.2) is 194 Å². The van der Waals surface area contributed by atoms with Gasteiger partial charge in [-0.25, -0.2) is 39.9 Å². The van der Waals surface area contributed by atoms with E-state index in [2.05, 4.69) is 149 Å². The molecule has 0 aliphatic heterocycles. The molecule has 8 heterocycles. The van der Waals surface area contributed by atoms with Gasteiger partial charge in [0.1, 0.15) is 0 Å². The van der Waals surface area contributed by atoms with E-state index >= 15 is 0 Å². The normalized spacial score (nSPS) is 11.7. The van der Waals surface area contributed by atoms with Gasteiger partial charge in [0.05, 0.1) is 45.5 Å². The van der Waals surface area contributed by atoms with E-state index in [4.69, 9.17) is 4.23 Å². The number of para-hydroxylation sites is 4. The number of hydrogen-bond acceptors (Lipinski definition) is 8. The van der Waals surface area contributed by atoms with Gasteiger partial charge in [-0.15, -0.1) is 0 Å². The Morgan fingerprint density at radius 1 is 0.451 bits per heavy atom. The van der Waals surface area contributed by atoms with Gasteiger partial charge in [0, 0.05) is 97.1 Å². The van der Waals surface area contributed by atoms with E-state index < -0.39 is 0 Å². The molecule has 13 nitrogen and oxygen atoms in total. The Kier molecular flexibility index (Phi) is 11.9. The first-order chi connectivity index (χ1) is 36.0. The van der Waals surface area contributed by atoms with E-state index in [0.717, 1.165) is 98.1 Å². The third-order valence-electron chi connectivity index (χ3n) is 12.3. The second-order valence-corrected chi connectivity index (χ2v) is 17.1. The van der Waals surface area contributed by atoms with Gasteiger partial charge in [-0.05, 0) is 76.6 Å². The molecule has 2 N–H and O–H groups in total. The minimum absolute atomic E-state index is 0. The Hall–Kier alpha value is -8.12. The monoisotopic (exact) mass is 987 g/mol. The van der Waals surface area contributed by atoms with Crippen molar-refractivity contribution >= 4 is 103 Å². The van der Waals surface area contributed by atoms with Crippen LogP contribution in [0.5, 0.6) is 0 Å². The Morgan fingerprint density at radius 2 is 0.789 bits per heavy atom. The number of hydrogen-bond donors (Lipinski definition) is 0. The molecule has 0 unspecified atom stereocenters. The first-order valence-electron chi connectivity index (χ1n) is 23.9. The quantitative estimate of drug-likeness (QED) is 0.122. The van der Waals surface area contributed by atoms with Crippen LogP contribution in [0.25, 0.3) is 111 Å². The molecule has 0 atom stereocenters. The van der Waals surface area contributed by atoms with Gasteiger partial charge in [0.15, 0.2) is 0 Å². The van der Waals surface area contributed by atoms with Crippen LogP contribution in [0.1, 0.15) is 21.1 Å². The molecule has 0 saturated heterocycles. The summed E-state index contributed by atoms with van der Waals surface area (Å²) < 4.78 is 29.1. The van der Waals surface area contributed by atoms with Crippen molar-refractivity contribution in [3.63, 3.8) is 0 Å². The standard InChI is InChI=1S/C26H15BrN6.C26H16N6.C4H9.Li.H2O/c27-19-15-18-16-7-1-3-9-20(16)32(25-28-11-5-12-29-25)23(18)22-17-8-2-4-10-21(17)33(24(19)22)26-30-13-6-14-31-26;1-3-9-20-17(7-1)18-11-12-22-23(24(18)32(20)26-29-15-6-16-30-26)19-8-2-4-10-21(19)31(22)25-27-13-5-14-28-25;1-3-4-2;;/h1-15H;1-16H;1,3-4H2,2H3;;1H2/q;;-1;+1;/i;12D;;;/hD2. The summed E-state index contributed by atoms with van der Waals surface area (Å²) in [6, 6.07) is 44.9. The number of benzene rings is 6. The maximum atomic E-state index is 9.04. The maximum absolute atomic E-state index is 9.04. The first kappa shape index (κ1) is 42.9. The molecule has 8 aromatic heterocycles. The van der Waals surface area contributed by atoms with Crippen molar-refractivity contribution < 1.29 is 25.7 Å². The smallest absolute Gasteiger partial charge is 0.412 e. The van der Waals surface area contributed by atoms with E-state index in [9.17, 15) is 0 Å². The van der Waals surface area contributed by atoms with Crippen LogP contribution >= 0.6 is 15.9 Å². The van der Waals surface area contributed by atoms with Crippen molar-refractivity contribution in [1.29, 1.82) is 2.86 Å². The largest absolute Gasteiger partial charge is 1.00 e.